The Morgan fingerprint density at radius 2 is 1.95 bits per heavy atom. The number of carbonyl (C=O) groups is 1. The molecular formula is C14H23N5O. The second kappa shape index (κ2) is 5.54. The summed E-state index contributed by atoms with van der Waals surface area (Å²) in [5.74, 6) is 0.0900. The Hall–Kier alpha value is -1.40. The minimum absolute atomic E-state index is 0.0900. The van der Waals surface area contributed by atoms with E-state index in [-0.39, 0.29) is 5.91 Å². The predicted molar refractivity (Wildman–Crippen MR) is 76.7 cm³/mol. The molecule has 3 rings (SSSR count). The van der Waals surface area contributed by atoms with Gasteiger partial charge in [0.2, 0.25) is 0 Å². The minimum Gasteiger partial charge on any atom is -0.335 e. The van der Waals surface area contributed by atoms with E-state index in [9.17, 15) is 4.79 Å². The summed E-state index contributed by atoms with van der Waals surface area (Å²) in [6.07, 6.45) is 1.09. The van der Waals surface area contributed by atoms with E-state index in [2.05, 4.69) is 22.4 Å². The zero-order valence-corrected chi connectivity index (χ0v) is 12.4. The van der Waals surface area contributed by atoms with Crippen LogP contribution >= 0.6 is 0 Å². The van der Waals surface area contributed by atoms with Gasteiger partial charge in [-0.3, -0.25) is 9.48 Å². The summed E-state index contributed by atoms with van der Waals surface area (Å²) < 4.78 is 2.04. The van der Waals surface area contributed by atoms with Crippen molar-refractivity contribution in [3.05, 3.63) is 17.0 Å². The Morgan fingerprint density at radius 3 is 2.70 bits per heavy atom. The van der Waals surface area contributed by atoms with Crippen molar-refractivity contribution in [3.8, 4) is 0 Å². The smallest absolute Gasteiger partial charge is 0.274 e. The highest BCUT2D eigenvalue weighted by Gasteiger charge is 2.26. The number of amides is 1. The Labute approximate surface area is 119 Å². The van der Waals surface area contributed by atoms with Gasteiger partial charge in [0.05, 0.1) is 5.69 Å². The molecule has 1 N–H and O–H groups in total. The van der Waals surface area contributed by atoms with Crippen molar-refractivity contribution >= 4 is 5.91 Å². The van der Waals surface area contributed by atoms with Crippen LogP contribution in [0.15, 0.2) is 0 Å². The lowest BCUT2D eigenvalue weighted by atomic mass is 10.1. The van der Waals surface area contributed by atoms with Crippen LogP contribution in [0.25, 0.3) is 0 Å². The monoisotopic (exact) mass is 277 g/mol. The molecule has 1 saturated heterocycles. The number of aromatic nitrogens is 2. The van der Waals surface area contributed by atoms with Crippen molar-refractivity contribution in [1.29, 1.82) is 0 Å². The first-order valence-electron chi connectivity index (χ1n) is 7.41. The Morgan fingerprint density at radius 1 is 1.20 bits per heavy atom. The number of hydrogen-bond acceptors (Lipinski definition) is 4. The van der Waals surface area contributed by atoms with E-state index < -0.39 is 0 Å². The van der Waals surface area contributed by atoms with Crippen LogP contribution in [-0.2, 0) is 13.1 Å². The fourth-order valence-electron chi connectivity index (χ4n) is 3.02. The molecule has 6 nitrogen and oxygen atoms in total. The molecule has 0 unspecified atom stereocenters. The number of hydrogen-bond donors (Lipinski definition) is 1. The first-order chi connectivity index (χ1) is 9.66. The average Bonchev–Trinajstić information content (AvgIpc) is 2.65. The fourth-order valence-corrected chi connectivity index (χ4v) is 3.02. The van der Waals surface area contributed by atoms with Gasteiger partial charge in [-0.15, -0.1) is 0 Å². The van der Waals surface area contributed by atoms with E-state index in [1.807, 2.05) is 16.5 Å². The molecule has 1 fully saturated rings. The highest BCUT2D eigenvalue weighted by Crippen LogP contribution is 2.20. The number of fused-ring (bicyclic) bond motifs is 1. The molecular weight excluding hydrogens is 254 g/mol. The van der Waals surface area contributed by atoms with E-state index in [4.69, 9.17) is 0 Å². The zero-order chi connectivity index (χ0) is 14.1. The molecule has 0 atom stereocenters. The lowest BCUT2D eigenvalue weighted by molar-refractivity contribution is 0.0728. The van der Waals surface area contributed by atoms with Gasteiger partial charge in [0.25, 0.3) is 5.91 Å². The van der Waals surface area contributed by atoms with Crippen LogP contribution in [0.1, 0.15) is 28.2 Å². The Kier molecular flexibility index (Phi) is 3.76. The summed E-state index contributed by atoms with van der Waals surface area (Å²) in [6, 6.07) is 0. The SMILES string of the molecule is Cc1c(C(=O)N2CCNCC2)nn2c1CN(C)CCC2. The van der Waals surface area contributed by atoms with Crippen LogP contribution in [0, 0.1) is 6.92 Å². The molecule has 110 valence electrons. The third kappa shape index (κ3) is 2.45. The minimum atomic E-state index is 0.0900. The number of nitrogens with one attached hydrogen (secondary N) is 1. The molecule has 1 amide bonds. The van der Waals surface area contributed by atoms with Crippen molar-refractivity contribution in [2.45, 2.75) is 26.4 Å². The van der Waals surface area contributed by atoms with Crippen molar-refractivity contribution in [1.82, 2.24) is 24.9 Å². The highest BCUT2D eigenvalue weighted by atomic mass is 16.2. The van der Waals surface area contributed by atoms with Crippen LogP contribution in [0.5, 0.6) is 0 Å². The third-order valence-corrected chi connectivity index (χ3v) is 4.26. The summed E-state index contributed by atoms with van der Waals surface area (Å²) in [4.78, 5) is 16.8. The van der Waals surface area contributed by atoms with Gasteiger partial charge in [-0.25, -0.2) is 0 Å². The first kappa shape index (κ1) is 13.6. The highest BCUT2D eigenvalue weighted by molar-refractivity contribution is 5.94. The molecule has 6 heteroatoms. The van der Waals surface area contributed by atoms with Gasteiger partial charge in [0, 0.05) is 51.4 Å². The molecule has 0 saturated carbocycles. The number of piperazine rings is 1. The van der Waals surface area contributed by atoms with Gasteiger partial charge in [-0.2, -0.15) is 5.10 Å². The largest absolute Gasteiger partial charge is 0.335 e. The Bertz CT molecular complexity index is 504. The number of rotatable bonds is 1. The van der Waals surface area contributed by atoms with Crippen LogP contribution in [-0.4, -0.2) is 65.3 Å². The Balaban J connectivity index is 1.87. The summed E-state index contributed by atoms with van der Waals surface area (Å²) in [5.41, 5.74) is 2.91. The summed E-state index contributed by atoms with van der Waals surface area (Å²) in [5, 5.41) is 7.87. The van der Waals surface area contributed by atoms with E-state index in [0.29, 0.717) is 5.69 Å². The van der Waals surface area contributed by atoms with E-state index in [1.54, 1.807) is 0 Å². The van der Waals surface area contributed by atoms with Gasteiger partial charge in [-0.1, -0.05) is 0 Å². The maximum Gasteiger partial charge on any atom is 0.274 e. The van der Waals surface area contributed by atoms with Crippen LogP contribution in [0.2, 0.25) is 0 Å². The van der Waals surface area contributed by atoms with Crippen LogP contribution < -0.4 is 5.32 Å². The molecule has 1 aromatic heterocycles. The second-order valence-corrected chi connectivity index (χ2v) is 5.78. The van der Waals surface area contributed by atoms with Gasteiger partial charge in [0.15, 0.2) is 5.69 Å². The molecule has 20 heavy (non-hydrogen) atoms. The van der Waals surface area contributed by atoms with Crippen molar-refractivity contribution in [2.75, 3.05) is 39.8 Å². The summed E-state index contributed by atoms with van der Waals surface area (Å²) in [7, 11) is 2.12. The zero-order valence-electron chi connectivity index (χ0n) is 12.4. The molecule has 1 aromatic rings. The lowest BCUT2D eigenvalue weighted by Gasteiger charge is -2.26. The molecule has 2 aliphatic rings. The third-order valence-electron chi connectivity index (χ3n) is 4.26. The molecule has 0 spiro atoms. The molecule has 0 bridgehead atoms. The normalized spacial score (nSPS) is 20.6. The maximum absolute atomic E-state index is 12.6. The van der Waals surface area contributed by atoms with Crippen LogP contribution in [0.3, 0.4) is 0 Å². The quantitative estimate of drug-likeness (QED) is 0.789. The summed E-state index contributed by atoms with van der Waals surface area (Å²) in [6.45, 7) is 8.23. The second-order valence-electron chi connectivity index (χ2n) is 5.78. The predicted octanol–water partition coefficient (Wildman–Crippen LogP) is 0.0724. The standard InChI is InChI=1S/C14H23N5O/c1-11-12-10-17(2)6-3-7-19(12)16-13(11)14(20)18-8-4-15-5-9-18/h15H,3-10H2,1-2H3. The van der Waals surface area contributed by atoms with Crippen molar-refractivity contribution < 1.29 is 4.79 Å². The van der Waals surface area contributed by atoms with Gasteiger partial charge in [0.1, 0.15) is 0 Å². The van der Waals surface area contributed by atoms with Crippen LogP contribution in [0.4, 0.5) is 0 Å². The first-order valence-corrected chi connectivity index (χ1v) is 7.41. The molecule has 0 radical (unpaired) electrons. The van der Waals surface area contributed by atoms with Gasteiger partial charge in [-0.05, 0) is 20.4 Å². The van der Waals surface area contributed by atoms with Crippen molar-refractivity contribution in [2.24, 2.45) is 0 Å². The number of carbonyl (C=O) groups excluding carboxylic acids is 1. The van der Waals surface area contributed by atoms with Gasteiger partial charge >= 0.3 is 0 Å². The molecule has 3 heterocycles. The van der Waals surface area contributed by atoms with Crippen molar-refractivity contribution in [3.63, 3.8) is 0 Å². The lowest BCUT2D eigenvalue weighted by Crippen LogP contribution is -2.46. The molecule has 2 aliphatic heterocycles. The molecule has 0 aromatic carbocycles. The molecule has 0 aliphatic carbocycles. The average molecular weight is 277 g/mol. The van der Waals surface area contributed by atoms with E-state index >= 15 is 0 Å². The maximum atomic E-state index is 12.6. The van der Waals surface area contributed by atoms with Gasteiger partial charge < -0.3 is 15.1 Å². The van der Waals surface area contributed by atoms with E-state index in [1.165, 1.54) is 5.69 Å². The number of nitrogens with zero attached hydrogens (tertiary/aromatic N) is 4. The van der Waals surface area contributed by atoms with E-state index in [0.717, 1.165) is 57.8 Å². The summed E-state index contributed by atoms with van der Waals surface area (Å²) >= 11 is 0. The topological polar surface area (TPSA) is 53.4 Å². The fraction of sp³-hybridized carbons (Fsp3) is 0.714. The number of aryl methyl sites for hydroxylation is 1.